The second-order valence-corrected chi connectivity index (χ2v) is 5.71. The van der Waals surface area contributed by atoms with Crippen molar-refractivity contribution >= 4 is 11.6 Å². The zero-order valence-electron chi connectivity index (χ0n) is 12.5. The molecule has 0 aromatic carbocycles. The summed E-state index contributed by atoms with van der Waals surface area (Å²) < 4.78 is 6.38. The van der Waals surface area contributed by atoms with Crippen LogP contribution < -0.4 is 0 Å². The first-order valence-electron chi connectivity index (χ1n) is 7.28. The fourth-order valence-electron chi connectivity index (χ4n) is 2.95. The second kappa shape index (κ2) is 5.81. The number of esters is 1. The molecule has 3 rings (SSSR count). The highest BCUT2D eigenvalue weighted by Gasteiger charge is 2.19. The van der Waals surface area contributed by atoms with Crippen LogP contribution in [0.2, 0.25) is 0 Å². The van der Waals surface area contributed by atoms with E-state index in [0.717, 1.165) is 24.4 Å². The molecule has 0 radical (unpaired) electrons. The Hall–Kier alpha value is -1.95. The highest BCUT2D eigenvalue weighted by Crippen LogP contribution is 2.19. The summed E-state index contributed by atoms with van der Waals surface area (Å²) in [4.78, 5) is 18.4. The molecule has 0 amide bonds. The number of carbonyl (C=O) groups excluding carboxylic acids is 1. The molecule has 0 spiro atoms. The molecule has 21 heavy (non-hydrogen) atoms. The van der Waals surface area contributed by atoms with E-state index < -0.39 is 0 Å². The number of hydrogen-bond acceptors (Lipinski definition) is 5. The van der Waals surface area contributed by atoms with Gasteiger partial charge in [0, 0.05) is 19.2 Å². The van der Waals surface area contributed by atoms with E-state index in [0.29, 0.717) is 11.5 Å². The Bertz CT molecular complexity index is 652. The van der Waals surface area contributed by atoms with E-state index in [1.54, 1.807) is 22.8 Å². The first kappa shape index (κ1) is 14.0. The summed E-state index contributed by atoms with van der Waals surface area (Å²) >= 11 is 0. The Morgan fingerprint density at radius 2 is 2.33 bits per heavy atom. The van der Waals surface area contributed by atoms with Crippen LogP contribution in [-0.2, 0) is 11.2 Å². The van der Waals surface area contributed by atoms with Crippen molar-refractivity contribution in [3.8, 4) is 0 Å². The van der Waals surface area contributed by atoms with Gasteiger partial charge in [0.2, 0.25) is 0 Å². The molecule has 1 aliphatic heterocycles. The summed E-state index contributed by atoms with van der Waals surface area (Å²) in [6.07, 6.45) is 5.03. The number of carbonyl (C=O) groups is 1. The van der Waals surface area contributed by atoms with Gasteiger partial charge in [-0.05, 0) is 44.5 Å². The van der Waals surface area contributed by atoms with Crippen molar-refractivity contribution in [2.45, 2.75) is 19.3 Å². The lowest BCUT2D eigenvalue weighted by atomic mass is 9.95. The van der Waals surface area contributed by atoms with Crippen LogP contribution in [0, 0.1) is 5.92 Å². The van der Waals surface area contributed by atoms with Gasteiger partial charge in [-0.15, -0.1) is 0 Å². The Kier molecular flexibility index (Phi) is 3.88. The number of aromatic nitrogens is 3. The van der Waals surface area contributed by atoms with Crippen LogP contribution in [0.15, 0.2) is 18.3 Å². The first-order chi connectivity index (χ1) is 10.2. The molecule has 1 fully saturated rings. The fraction of sp³-hybridized carbons (Fsp3) is 0.533. The van der Waals surface area contributed by atoms with Crippen molar-refractivity contribution in [1.29, 1.82) is 0 Å². The van der Waals surface area contributed by atoms with Gasteiger partial charge in [0.15, 0.2) is 11.5 Å². The van der Waals surface area contributed by atoms with Crippen LogP contribution >= 0.6 is 0 Å². The number of ether oxygens (including phenoxy) is 1. The molecule has 1 saturated heterocycles. The molecule has 0 N–H and O–H groups in total. The molecule has 1 unspecified atom stereocenters. The number of likely N-dealkylation sites (tertiary alicyclic amines) is 1. The van der Waals surface area contributed by atoms with Gasteiger partial charge in [-0.25, -0.2) is 14.3 Å². The van der Waals surface area contributed by atoms with Gasteiger partial charge in [-0.1, -0.05) is 0 Å². The number of nitrogens with zero attached hydrogens (tertiary/aromatic N) is 4. The van der Waals surface area contributed by atoms with E-state index in [9.17, 15) is 4.79 Å². The Morgan fingerprint density at radius 1 is 1.48 bits per heavy atom. The number of piperidine rings is 1. The summed E-state index contributed by atoms with van der Waals surface area (Å²) in [5.74, 6) is 1.10. The zero-order valence-corrected chi connectivity index (χ0v) is 12.5. The molecule has 6 heteroatoms. The highest BCUT2D eigenvalue weighted by molar-refractivity contribution is 5.89. The molecule has 112 valence electrons. The molecule has 0 saturated carbocycles. The SMILES string of the molecule is COC(=O)c1ccc2nc(CC3CCCN(C)C3)nn2c1. The monoisotopic (exact) mass is 288 g/mol. The number of pyridine rings is 1. The summed E-state index contributed by atoms with van der Waals surface area (Å²) in [5, 5.41) is 4.49. The number of hydrogen-bond donors (Lipinski definition) is 0. The Morgan fingerprint density at radius 3 is 3.10 bits per heavy atom. The summed E-state index contributed by atoms with van der Waals surface area (Å²) in [7, 11) is 3.53. The van der Waals surface area contributed by atoms with E-state index >= 15 is 0 Å². The molecule has 1 aliphatic rings. The maximum absolute atomic E-state index is 11.5. The largest absolute Gasteiger partial charge is 0.465 e. The second-order valence-electron chi connectivity index (χ2n) is 5.71. The summed E-state index contributed by atoms with van der Waals surface area (Å²) in [6, 6.07) is 3.52. The van der Waals surface area contributed by atoms with E-state index in [-0.39, 0.29) is 5.97 Å². The van der Waals surface area contributed by atoms with Crippen LogP contribution in [0.1, 0.15) is 29.0 Å². The summed E-state index contributed by atoms with van der Waals surface area (Å²) in [5.41, 5.74) is 1.25. The van der Waals surface area contributed by atoms with Gasteiger partial charge in [-0.3, -0.25) is 0 Å². The van der Waals surface area contributed by atoms with Crippen molar-refractivity contribution in [1.82, 2.24) is 19.5 Å². The minimum atomic E-state index is -0.358. The minimum Gasteiger partial charge on any atom is -0.465 e. The molecule has 6 nitrogen and oxygen atoms in total. The molecule has 0 aliphatic carbocycles. The topological polar surface area (TPSA) is 59.7 Å². The lowest BCUT2D eigenvalue weighted by Crippen LogP contribution is -2.33. The minimum absolute atomic E-state index is 0.358. The van der Waals surface area contributed by atoms with Crippen molar-refractivity contribution < 1.29 is 9.53 Å². The molecule has 1 atom stereocenters. The van der Waals surface area contributed by atoms with Gasteiger partial charge in [0.1, 0.15) is 0 Å². The van der Waals surface area contributed by atoms with Crippen molar-refractivity contribution in [3.05, 3.63) is 29.7 Å². The number of rotatable bonds is 3. The third-order valence-electron chi connectivity index (χ3n) is 3.99. The van der Waals surface area contributed by atoms with Gasteiger partial charge in [0.05, 0.1) is 12.7 Å². The maximum Gasteiger partial charge on any atom is 0.339 e. The van der Waals surface area contributed by atoms with Gasteiger partial charge < -0.3 is 9.64 Å². The Balaban J connectivity index is 1.79. The van der Waals surface area contributed by atoms with E-state index in [2.05, 4.69) is 22.0 Å². The zero-order chi connectivity index (χ0) is 14.8. The van der Waals surface area contributed by atoms with Crippen molar-refractivity contribution in [2.75, 3.05) is 27.2 Å². The molecule has 0 bridgehead atoms. The van der Waals surface area contributed by atoms with Crippen LogP contribution in [0.25, 0.3) is 5.65 Å². The van der Waals surface area contributed by atoms with Gasteiger partial charge in [0.25, 0.3) is 0 Å². The van der Waals surface area contributed by atoms with Crippen LogP contribution in [-0.4, -0.2) is 52.7 Å². The van der Waals surface area contributed by atoms with Crippen molar-refractivity contribution in [2.24, 2.45) is 5.92 Å². The quantitative estimate of drug-likeness (QED) is 0.799. The standard InChI is InChI=1S/C15H20N4O2/c1-18-7-3-4-11(9-18)8-13-16-14-6-5-12(15(20)21-2)10-19(14)17-13/h5-6,10-11H,3-4,7-9H2,1-2H3. The molecule has 2 aromatic rings. The highest BCUT2D eigenvalue weighted by atomic mass is 16.5. The predicted molar refractivity (Wildman–Crippen MR) is 78.3 cm³/mol. The van der Waals surface area contributed by atoms with Crippen LogP contribution in [0.4, 0.5) is 0 Å². The average molecular weight is 288 g/mol. The van der Waals surface area contributed by atoms with Crippen LogP contribution in [0.3, 0.4) is 0 Å². The summed E-state index contributed by atoms with van der Waals surface area (Å²) in [6.45, 7) is 2.28. The predicted octanol–water partition coefficient (Wildman–Crippen LogP) is 1.40. The van der Waals surface area contributed by atoms with E-state index in [4.69, 9.17) is 4.74 Å². The smallest absolute Gasteiger partial charge is 0.339 e. The lowest BCUT2D eigenvalue weighted by Gasteiger charge is -2.28. The van der Waals surface area contributed by atoms with Crippen molar-refractivity contribution in [3.63, 3.8) is 0 Å². The molecule has 3 heterocycles. The van der Waals surface area contributed by atoms with Crippen LogP contribution in [0.5, 0.6) is 0 Å². The number of fused-ring (bicyclic) bond motifs is 1. The fourth-order valence-corrected chi connectivity index (χ4v) is 2.95. The van der Waals surface area contributed by atoms with E-state index in [1.165, 1.54) is 26.5 Å². The maximum atomic E-state index is 11.5. The van der Waals surface area contributed by atoms with Gasteiger partial charge in [-0.2, -0.15) is 5.10 Å². The van der Waals surface area contributed by atoms with Gasteiger partial charge >= 0.3 is 5.97 Å². The molecule has 2 aromatic heterocycles. The Labute approximate surface area is 123 Å². The average Bonchev–Trinajstić information content (AvgIpc) is 2.87. The first-order valence-corrected chi connectivity index (χ1v) is 7.28. The molecular formula is C15H20N4O2. The normalized spacial score (nSPS) is 19.8. The molecular weight excluding hydrogens is 268 g/mol. The van der Waals surface area contributed by atoms with E-state index in [1.807, 2.05) is 0 Å². The third kappa shape index (κ3) is 3.05. The third-order valence-corrected chi connectivity index (χ3v) is 3.99. The number of methoxy groups -OCH3 is 1. The lowest BCUT2D eigenvalue weighted by molar-refractivity contribution is 0.0600.